The summed E-state index contributed by atoms with van der Waals surface area (Å²) in [5.41, 5.74) is 1.36. The Morgan fingerprint density at radius 1 is 0.889 bits per heavy atom. The molecule has 3 aliphatic rings. The van der Waals surface area contributed by atoms with E-state index in [2.05, 4.69) is 15.0 Å². The molecule has 2 amide bonds. The minimum Gasteiger partial charge on any atom is -0.342 e. The lowest BCUT2D eigenvalue weighted by Crippen LogP contribution is -2.47. The van der Waals surface area contributed by atoms with Crippen LogP contribution in [0, 0.1) is 17.8 Å². The second kappa shape index (κ2) is 5.88. The van der Waals surface area contributed by atoms with Gasteiger partial charge >= 0.3 is 0 Å². The number of H-pyrrole nitrogens is 1. The summed E-state index contributed by atoms with van der Waals surface area (Å²) in [6.07, 6.45) is 13.2. The first-order valence-corrected chi connectivity index (χ1v) is 10.3. The number of aromatic nitrogens is 3. The van der Waals surface area contributed by atoms with Crippen molar-refractivity contribution >= 4 is 28.7 Å². The van der Waals surface area contributed by atoms with Crippen molar-refractivity contribution in [3.05, 3.63) is 18.1 Å². The molecule has 27 heavy (non-hydrogen) atoms. The van der Waals surface area contributed by atoms with E-state index in [0.29, 0.717) is 11.3 Å². The van der Waals surface area contributed by atoms with Gasteiger partial charge in [-0.1, -0.05) is 38.5 Å². The summed E-state index contributed by atoms with van der Waals surface area (Å²) in [6, 6.07) is 0. The Morgan fingerprint density at radius 2 is 1.44 bits per heavy atom. The molecule has 0 unspecified atom stereocenters. The summed E-state index contributed by atoms with van der Waals surface area (Å²) >= 11 is 0. The number of imidazole rings is 1. The van der Waals surface area contributed by atoms with E-state index in [1.807, 2.05) is 6.92 Å². The number of carbonyl (C=O) groups excluding carboxylic acids is 2. The molecule has 0 radical (unpaired) electrons. The summed E-state index contributed by atoms with van der Waals surface area (Å²) in [6.45, 7) is 1.94. The lowest BCUT2D eigenvalue weighted by molar-refractivity contribution is -0.141. The Labute approximate surface area is 158 Å². The van der Waals surface area contributed by atoms with Gasteiger partial charge in [0.05, 0.1) is 22.7 Å². The highest BCUT2D eigenvalue weighted by atomic mass is 16.2. The Bertz CT molecular complexity index is 883. The second-order valence-electron chi connectivity index (χ2n) is 8.62. The zero-order valence-electron chi connectivity index (χ0n) is 15.9. The lowest BCUT2D eigenvalue weighted by Gasteiger charge is -2.46. The molecule has 2 aliphatic carbocycles. The number of hydrogen-bond donors (Lipinski definition) is 1. The van der Waals surface area contributed by atoms with Crippen molar-refractivity contribution in [2.24, 2.45) is 10.8 Å². The third-order valence-corrected chi connectivity index (χ3v) is 7.38. The SMILES string of the molecule is Cc1cnc(N2C(=O)C3(CCCCC3)C3(CCCCC3)C2=O)c2[nH]cnc12. The van der Waals surface area contributed by atoms with Gasteiger partial charge in [-0.25, -0.2) is 14.9 Å². The number of amides is 2. The maximum absolute atomic E-state index is 13.8. The summed E-state index contributed by atoms with van der Waals surface area (Å²) < 4.78 is 0. The molecule has 2 saturated carbocycles. The Morgan fingerprint density at radius 3 is 2.00 bits per heavy atom. The molecular weight excluding hydrogens is 340 g/mol. The molecule has 6 nitrogen and oxygen atoms in total. The van der Waals surface area contributed by atoms with Crippen LogP contribution in [0.5, 0.6) is 0 Å². The third kappa shape index (κ3) is 2.07. The lowest BCUT2D eigenvalue weighted by atomic mass is 9.53. The number of nitrogens with one attached hydrogen (secondary N) is 1. The van der Waals surface area contributed by atoms with Crippen LogP contribution >= 0.6 is 0 Å². The Kier molecular flexibility index (Phi) is 3.68. The molecule has 0 atom stereocenters. The molecule has 142 valence electrons. The summed E-state index contributed by atoms with van der Waals surface area (Å²) in [5.74, 6) is 0.415. The van der Waals surface area contributed by atoms with Crippen molar-refractivity contribution < 1.29 is 9.59 Å². The highest BCUT2D eigenvalue weighted by Crippen LogP contribution is 2.62. The summed E-state index contributed by atoms with van der Waals surface area (Å²) in [5, 5.41) is 0. The van der Waals surface area contributed by atoms with Crippen molar-refractivity contribution in [2.45, 2.75) is 71.1 Å². The number of anilines is 1. The molecule has 5 rings (SSSR count). The molecule has 1 saturated heterocycles. The molecule has 0 bridgehead atoms. The number of rotatable bonds is 1. The van der Waals surface area contributed by atoms with Gasteiger partial charge < -0.3 is 4.98 Å². The van der Waals surface area contributed by atoms with E-state index in [4.69, 9.17) is 0 Å². The molecule has 3 heterocycles. The normalized spacial score (nSPS) is 24.4. The smallest absolute Gasteiger partial charge is 0.242 e. The van der Waals surface area contributed by atoms with E-state index < -0.39 is 10.8 Å². The van der Waals surface area contributed by atoms with Crippen LogP contribution in [0.4, 0.5) is 5.82 Å². The van der Waals surface area contributed by atoms with Gasteiger partial charge in [0.25, 0.3) is 0 Å². The maximum Gasteiger partial charge on any atom is 0.242 e. The fraction of sp³-hybridized carbons (Fsp3) is 0.619. The van der Waals surface area contributed by atoms with Crippen LogP contribution < -0.4 is 4.90 Å². The van der Waals surface area contributed by atoms with E-state index in [0.717, 1.165) is 75.3 Å². The van der Waals surface area contributed by atoms with Gasteiger partial charge in [0.2, 0.25) is 11.8 Å². The van der Waals surface area contributed by atoms with Gasteiger partial charge in [0.15, 0.2) is 5.82 Å². The van der Waals surface area contributed by atoms with E-state index in [1.54, 1.807) is 12.5 Å². The highest BCUT2D eigenvalue weighted by Gasteiger charge is 2.68. The zero-order valence-corrected chi connectivity index (χ0v) is 15.9. The van der Waals surface area contributed by atoms with Crippen LogP contribution in [-0.2, 0) is 9.59 Å². The van der Waals surface area contributed by atoms with Crippen LogP contribution in [0.2, 0.25) is 0 Å². The van der Waals surface area contributed by atoms with Crippen molar-refractivity contribution in [2.75, 3.05) is 4.90 Å². The van der Waals surface area contributed by atoms with Crippen molar-refractivity contribution in [3.63, 3.8) is 0 Å². The van der Waals surface area contributed by atoms with E-state index >= 15 is 0 Å². The molecule has 0 aromatic carbocycles. The molecule has 2 aromatic rings. The van der Waals surface area contributed by atoms with Gasteiger partial charge in [-0.2, -0.15) is 0 Å². The first-order valence-electron chi connectivity index (χ1n) is 10.3. The topological polar surface area (TPSA) is 79.0 Å². The molecular formula is C21H26N4O2. The number of aromatic amines is 1. The number of imide groups is 1. The van der Waals surface area contributed by atoms with Gasteiger partial charge in [-0.3, -0.25) is 9.59 Å². The van der Waals surface area contributed by atoms with Gasteiger partial charge in [-0.05, 0) is 38.2 Å². The molecule has 6 heteroatoms. The number of pyridine rings is 1. The number of hydrogen-bond acceptors (Lipinski definition) is 4. The monoisotopic (exact) mass is 366 g/mol. The highest BCUT2D eigenvalue weighted by molar-refractivity contribution is 6.26. The van der Waals surface area contributed by atoms with E-state index in [-0.39, 0.29) is 11.8 Å². The van der Waals surface area contributed by atoms with Crippen molar-refractivity contribution in [1.82, 2.24) is 15.0 Å². The van der Waals surface area contributed by atoms with Gasteiger partial charge in [0.1, 0.15) is 5.52 Å². The first-order chi connectivity index (χ1) is 13.1. The second-order valence-corrected chi connectivity index (χ2v) is 8.62. The minimum atomic E-state index is -0.526. The number of nitrogens with zero attached hydrogens (tertiary/aromatic N) is 3. The van der Waals surface area contributed by atoms with Crippen LogP contribution in [-0.4, -0.2) is 26.8 Å². The quantitative estimate of drug-likeness (QED) is 0.773. The predicted molar refractivity (Wildman–Crippen MR) is 102 cm³/mol. The van der Waals surface area contributed by atoms with Crippen molar-refractivity contribution in [3.8, 4) is 0 Å². The Hall–Kier alpha value is -2.24. The van der Waals surface area contributed by atoms with Crippen LogP contribution in [0.25, 0.3) is 11.0 Å². The molecule has 1 N–H and O–H groups in total. The fourth-order valence-electron chi connectivity index (χ4n) is 6.03. The third-order valence-electron chi connectivity index (χ3n) is 7.38. The summed E-state index contributed by atoms with van der Waals surface area (Å²) in [4.78, 5) is 41.1. The van der Waals surface area contributed by atoms with Crippen LogP contribution in [0.15, 0.2) is 12.5 Å². The van der Waals surface area contributed by atoms with Crippen LogP contribution in [0.1, 0.15) is 69.8 Å². The van der Waals surface area contributed by atoms with Crippen molar-refractivity contribution in [1.29, 1.82) is 0 Å². The predicted octanol–water partition coefficient (Wildman–Crippen LogP) is 4.04. The van der Waals surface area contributed by atoms with E-state index in [1.165, 1.54) is 4.90 Å². The average molecular weight is 366 g/mol. The first kappa shape index (κ1) is 16.9. The minimum absolute atomic E-state index is 0.0126. The van der Waals surface area contributed by atoms with Gasteiger partial charge in [0, 0.05) is 6.20 Å². The number of fused-ring (bicyclic) bond motifs is 2. The number of carbonyl (C=O) groups is 2. The molecule has 1 aliphatic heterocycles. The molecule has 3 fully saturated rings. The molecule has 2 spiro atoms. The fourth-order valence-corrected chi connectivity index (χ4v) is 6.03. The standard InChI is InChI=1S/C21H26N4O2/c1-14-12-22-17(16-15(14)23-13-24-16)25-18(26)20(8-4-2-5-9-20)21(19(25)27)10-6-3-7-11-21/h12-13H,2-11H2,1H3,(H,23,24). The van der Waals surface area contributed by atoms with Gasteiger partial charge in [-0.15, -0.1) is 0 Å². The summed E-state index contributed by atoms with van der Waals surface area (Å²) in [7, 11) is 0. The largest absolute Gasteiger partial charge is 0.342 e. The average Bonchev–Trinajstić information content (AvgIpc) is 3.25. The maximum atomic E-state index is 13.8. The molecule has 2 aromatic heterocycles. The van der Waals surface area contributed by atoms with Crippen LogP contribution in [0.3, 0.4) is 0 Å². The Balaban J connectivity index is 1.70. The van der Waals surface area contributed by atoms with E-state index in [9.17, 15) is 9.59 Å². The number of aryl methyl sites for hydroxylation is 1. The zero-order chi connectivity index (χ0) is 18.6.